The van der Waals surface area contributed by atoms with Gasteiger partial charge < -0.3 is 15.5 Å². The van der Waals surface area contributed by atoms with Crippen molar-refractivity contribution >= 4 is 40.3 Å². The molecule has 4 rings (SSSR count). The van der Waals surface area contributed by atoms with Crippen molar-refractivity contribution in [3.8, 4) is 11.1 Å². The molecule has 1 fully saturated rings. The van der Waals surface area contributed by atoms with Crippen LogP contribution in [0.5, 0.6) is 0 Å². The molecule has 7 heteroatoms. The number of amides is 1. The zero-order chi connectivity index (χ0) is 21.6. The van der Waals surface area contributed by atoms with Crippen molar-refractivity contribution in [1.29, 1.82) is 0 Å². The van der Waals surface area contributed by atoms with Crippen molar-refractivity contribution in [2.45, 2.75) is 25.7 Å². The number of benzene rings is 2. The highest BCUT2D eigenvalue weighted by Crippen LogP contribution is 2.31. The molecule has 2 N–H and O–H groups in total. The average molecular weight is 451 g/mol. The maximum atomic E-state index is 12.9. The van der Waals surface area contributed by atoms with Crippen LogP contribution in [0.4, 0.5) is 5.69 Å². The lowest BCUT2D eigenvalue weighted by Gasteiger charge is -2.33. The Balaban J connectivity index is 1.42. The molecule has 5 nitrogen and oxygen atoms in total. The molecule has 0 aliphatic carbocycles. The number of carbonyl (C=O) groups excluding carboxylic acids is 1. The third kappa shape index (κ3) is 5.11. The van der Waals surface area contributed by atoms with Gasteiger partial charge in [-0.05, 0) is 43.6 Å². The van der Waals surface area contributed by atoms with Gasteiger partial charge in [0.1, 0.15) is 5.69 Å². The van der Waals surface area contributed by atoms with Gasteiger partial charge in [0, 0.05) is 42.2 Å². The Morgan fingerprint density at radius 3 is 2.58 bits per heavy atom. The lowest BCUT2D eigenvalue weighted by Crippen LogP contribution is -2.43. The van der Waals surface area contributed by atoms with Gasteiger partial charge in [-0.2, -0.15) is 0 Å². The fourth-order valence-corrected chi connectivity index (χ4v) is 5.12. The zero-order valence-electron chi connectivity index (χ0n) is 17.5. The highest BCUT2D eigenvalue weighted by molar-refractivity contribution is 7.80. The molecule has 0 atom stereocenters. The molecule has 1 aliphatic heterocycles. The van der Waals surface area contributed by atoms with E-state index >= 15 is 0 Å². The largest absolute Gasteiger partial charge is 0.363 e. The number of nitrogens with one attached hydrogen (secondary N) is 2. The van der Waals surface area contributed by atoms with E-state index in [1.165, 1.54) is 0 Å². The summed E-state index contributed by atoms with van der Waals surface area (Å²) in [5.41, 5.74) is 3.34. The predicted octanol–water partition coefficient (Wildman–Crippen LogP) is 5.14. The number of para-hydroxylation sites is 1. The maximum Gasteiger partial charge on any atom is 0.275 e. The van der Waals surface area contributed by atoms with Crippen LogP contribution in [-0.2, 0) is 0 Å². The molecule has 1 aliphatic rings. The first kappa shape index (κ1) is 21.5. The van der Waals surface area contributed by atoms with Gasteiger partial charge in [0.25, 0.3) is 5.91 Å². The van der Waals surface area contributed by atoms with Crippen LogP contribution in [0.2, 0.25) is 0 Å². The molecule has 0 unspecified atom stereocenters. The summed E-state index contributed by atoms with van der Waals surface area (Å²) in [4.78, 5) is 19.8. The van der Waals surface area contributed by atoms with Gasteiger partial charge in [0.05, 0.1) is 5.01 Å². The van der Waals surface area contributed by atoms with E-state index in [4.69, 9.17) is 12.2 Å². The number of piperidine rings is 1. The average Bonchev–Trinajstić information content (AvgIpc) is 3.31. The summed E-state index contributed by atoms with van der Waals surface area (Å²) < 4.78 is 0. The number of hydrogen-bond donors (Lipinski definition) is 2. The first-order valence-electron chi connectivity index (χ1n) is 10.6. The smallest absolute Gasteiger partial charge is 0.275 e. The molecule has 0 radical (unpaired) electrons. The van der Waals surface area contributed by atoms with Gasteiger partial charge in [0.2, 0.25) is 0 Å². The quantitative estimate of drug-likeness (QED) is 0.528. The molecule has 0 spiro atoms. The molecule has 2 heterocycles. The summed E-state index contributed by atoms with van der Waals surface area (Å²) in [6.07, 6.45) is 1.99. The van der Waals surface area contributed by atoms with E-state index in [0.29, 0.717) is 11.6 Å². The van der Waals surface area contributed by atoms with Gasteiger partial charge in [-0.1, -0.05) is 48.5 Å². The van der Waals surface area contributed by atoms with Crippen molar-refractivity contribution in [3.05, 3.63) is 70.7 Å². The SMILES string of the molecule is CCNC(=S)N1CCC(c2nc(C(=O)Nc3ccccc3-c3ccccc3)cs2)CC1. The van der Waals surface area contributed by atoms with Crippen LogP contribution in [0.15, 0.2) is 60.0 Å². The molecule has 160 valence electrons. The number of anilines is 1. The fourth-order valence-electron chi connectivity index (χ4n) is 3.82. The number of nitrogens with zero attached hydrogens (tertiary/aromatic N) is 2. The first-order valence-corrected chi connectivity index (χ1v) is 11.9. The Morgan fingerprint density at radius 1 is 1.13 bits per heavy atom. The number of carbonyl (C=O) groups is 1. The molecule has 2 aromatic carbocycles. The second kappa shape index (κ2) is 10.0. The normalized spacial score (nSPS) is 14.3. The Kier molecular flexibility index (Phi) is 6.94. The molecule has 3 aromatic rings. The maximum absolute atomic E-state index is 12.9. The second-order valence-corrected chi connectivity index (χ2v) is 8.81. The molecule has 0 saturated carbocycles. The first-order chi connectivity index (χ1) is 15.2. The Hall–Kier alpha value is -2.77. The lowest BCUT2D eigenvalue weighted by atomic mass is 9.98. The third-order valence-corrected chi connectivity index (χ3v) is 6.88. The molecular weight excluding hydrogens is 424 g/mol. The Morgan fingerprint density at radius 2 is 1.84 bits per heavy atom. The number of thiazole rings is 1. The standard InChI is InChI=1S/C24H26N4OS2/c1-2-25-24(30)28-14-12-18(13-15-28)23-27-21(16-31-23)22(29)26-20-11-7-6-10-19(20)17-8-4-3-5-9-17/h3-11,16,18H,2,12-15H2,1H3,(H,25,30)(H,26,29). The van der Waals surface area contributed by atoms with E-state index in [2.05, 4.69) is 27.4 Å². The molecule has 1 saturated heterocycles. The highest BCUT2D eigenvalue weighted by Gasteiger charge is 2.25. The highest BCUT2D eigenvalue weighted by atomic mass is 32.1. The van der Waals surface area contributed by atoms with Crippen molar-refractivity contribution < 1.29 is 4.79 Å². The van der Waals surface area contributed by atoms with Crippen LogP contribution in [0.3, 0.4) is 0 Å². The molecule has 0 bridgehead atoms. The number of hydrogen-bond acceptors (Lipinski definition) is 4. The fraction of sp³-hybridized carbons (Fsp3) is 0.292. The Labute approximate surface area is 192 Å². The van der Waals surface area contributed by atoms with E-state index in [-0.39, 0.29) is 5.91 Å². The van der Waals surface area contributed by atoms with Gasteiger partial charge in [-0.25, -0.2) is 4.98 Å². The van der Waals surface area contributed by atoms with E-state index in [0.717, 1.165) is 59.4 Å². The van der Waals surface area contributed by atoms with E-state index in [1.807, 2.05) is 60.0 Å². The van der Waals surface area contributed by atoms with E-state index in [1.54, 1.807) is 11.3 Å². The minimum Gasteiger partial charge on any atom is -0.363 e. The molecule has 31 heavy (non-hydrogen) atoms. The van der Waals surface area contributed by atoms with Crippen LogP contribution in [0.1, 0.15) is 41.2 Å². The molecular formula is C24H26N4OS2. The zero-order valence-corrected chi connectivity index (χ0v) is 19.1. The molecule has 1 amide bonds. The van der Waals surface area contributed by atoms with Crippen molar-refractivity contribution in [2.24, 2.45) is 0 Å². The van der Waals surface area contributed by atoms with Gasteiger partial charge in [0.15, 0.2) is 5.11 Å². The van der Waals surface area contributed by atoms with E-state index in [9.17, 15) is 4.79 Å². The van der Waals surface area contributed by atoms with E-state index < -0.39 is 0 Å². The minimum absolute atomic E-state index is 0.170. The van der Waals surface area contributed by atoms with Crippen LogP contribution in [0.25, 0.3) is 11.1 Å². The third-order valence-electron chi connectivity index (χ3n) is 5.47. The summed E-state index contributed by atoms with van der Waals surface area (Å²) in [5.74, 6) is 0.209. The lowest BCUT2D eigenvalue weighted by molar-refractivity contribution is 0.102. The summed E-state index contributed by atoms with van der Waals surface area (Å²) in [7, 11) is 0. The van der Waals surface area contributed by atoms with Crippen molar-refractivity contribution in [3.63, 3.8) is 0 Å². The van der Waals surface area contributed by atoms with Crippen LogP contribution in [0, 0.1) is 0 Å². The van der Waals surface area contributed by atoms with Crippen LogP contribution < -0.4 is 10.6 Å². The van der Waals surface area contributed by atoms with Gasteiger partial charge >= 0.3 is 0 Å². The number of rotatable bonds is 5. The second-order valence-electron chi connectivity index (χ2n) is 7.53. The topological polar surface area (TPSA) is 57.3 Å². The summed E-state index contributed by atoms with van der Waals surface area (Å²) in [6.45, 7) is 4.74. The monoisotopic (exact) mass is 450 g/mol. The van der Waals surface area contributed by atoms with Crippen LogP contribution >= 0.6 is 23.6 Å². The van der Waals surface area contributed by atoms with Crippen molar-refractivity contribution in [2.75, 3.05) is 25.0 Å². The number of aromatic nitrogens is 1. The number of thiocarbonyl (C=S) groups is 1. The predicted molar refractivity (Wildman–Crippen MR) is 132 cm³/mol. The molecule has 1 aromatic heterocycles. The summed E-state index contributed by atoms with van der Waals surface area (Å²) in [5, 5.41) is 10.0. The van der Waals surface area contributed by atoms with Crippen LogP contribution in [-0.4, -0.2) is 40.5 Å². The number of likely N-dealkylation sites (tertiary alicyclic amines) is 1. The van der Waals surface area contributed by atoms with Crippen molar-refractivity contribution in [1.82, 2.24) is 15.2 Å². The summed E-state index contributed by atoms with van der Waals surface area (Å²) >= 11 is 7.00. The van der Waals surface area contributed by atoms with Gasteiger partial charge in [-0.15, -0.1) is 11.3 Å². The minimum atomic E-state index is -0.170. The van der Waals surface area contributed by atoms with Gasteiger partial charge in [-0.3, -0.25) is 4.79 Å². The Bertz CT molecular complexity index is 1040. The summed E-state index contributed by atoms with van der Waals surface area (Å²) in [6, 6.07) is 17.9.